The molecule has 0 fully saturated rings. The molecule has 1 amide bonds. The standard InChI is InChI=1S/C19H23N3O4S/c1-12-17-15(8-5-9-16(17)23)22-18(12)19(24)21-10-13-6-3-4-7-14(13)11-27(25,26)20-2/h3-4,6-7,20,22H,5,8-11H2,1-2H3,(H,21,24). The predicted octanol–water partition coefficient (Wildman–Crippen LogP) is 1.82. The van der Waals surface area contributed by atoms with Crippen molar-refractivity contribution in [2.45, 2.75) is 38.5 Å². The molecule has 27 heavy (non-hydrogen) atoms. The van der Waals surface area contributed by atoms with Crippen molar-refractivity contribution < 1.29 is 18.0 Å². The topological polar surface area (TPSA) is 108 Å². The van der Waals surface area contributed by atoms with E-state index in [1.807, 2.05) is 0 Å². The van der Waals surface area contributed by atoms with Gasteiger partial charge in [0, 0.05) is 24.2 Å². The zero-order valence-electron chi connectivity index (χ0n) is 15.4. The molecule has 0 spiro atoms. The van der Waals surface area contributed by atoms with Gasteiger partial charge in [0.2, 0.25) is 10.0 Å². The zero-order valence-corrected chi connectivity index (χ0v) is 16.2. The Morgan fingerprint density at radius 3 is 2.56 bits per heavy atom. The lowest BCUT2D eigenvalue weighted by molar-refractivity contribution is 0.0944. The van der Waals surface area contributed by atoms with E-state index in [9.17, 15) is 18.0 Å². The van der Waals surface area contributed by atoms with E-state index in [2.05, 4.69) is 15.0 Å². The number of nitrogens with one attached hydrogen (secondary N) is 3. The molecular formula is C19H23N3O4S. The SMILES string of the molecule is CNS(=O)(=O)Cc1ccccc1CNC(=O)c1[nH]c2c(c1C)C(=O)CCC2. The Labute approximate surface area is 158 Å². The summed E-state index contributed by atoms with van der Waals surface area (Å²) in [5, 5.41) is 2.83. The van der Waals surface area contributed by atoms with Gasteiger partial charge in [-0.15, -0.1) is 0 Å². The van der Waals surface area contributed by atoms with Gasteiger partial charge < -0.3 is 10.3 Å². The van der Waals surface area contributed by atoms with Gasteiger partial charge in [0.05, 0.1) is 5.75 Å². The van der Waals surface area contributed by atoms with E-state index < -0.39 is 10.0 Å². The average Bonchev–Trinajstić information content (AvgIpc) is 2.98. The highest BCUT2D eigenvalue weighted by Gasteiger charge is 2.26. The summed E-state index contributed by atoms with van der Waals surface area (Å²) in [4.78, 5) is 27.8. The summed E-state index contributed by atoms with van der Waals surface area (Å²) < 4.78 is 26.0. The molecular weight excluding hydrogens is 366 g/mol. The molecule has 144 valence electrons. The number of carbonyl (C=O) groups excluding carboxylic acids is 2. The maximum atomic E-state index is 12.6. The number of Topliss-reactive ketones (excluding diaryl/α,β-unsaturated/α-hetero) is 1. The minimum Gasteiger partial charge on any atom is -0.354 e. The molecule has 1 aliphatic carbocycles. The lowest BCUT2D eigenvalue weighted by Crippen LogP contribution is -2.26. The van der Waals surface area contributed by atoms with Crippen molar-refractivity contribution >= 4 is 21.7 Å². The van der Waals surface area contributed by atoms with Gasteiger partial charge in [0.15, 0.2) is 5.78 Å². The van der Waals surface area contributed by atoms with Crippen molar-refractivity contribution in [3.63, 3.8) is 0 Å². The number of amides is 1. The molecule has 1 aliphatic rings. The molecule has 1 aromatic carbocycles. The maximum absolute atomic E-state index is 12.6. The molecule has 1 heterocycles. The summed E-state index contributed by atoms with van der Waals surface area (Å²) in [5.74, 6) is -0.382. The molecule has 2 aromatic rings. The van der Waals surface area contributed by atoms with E-state index in [4.69, 9.17) is 0 Å². The van der Waals surface area contributed by atoms with E-state index in [0.717, 1.165) is 24.1 Å². The summed E-state index contributed by atoms with van der Waals surface area (Å²) >= 11 is 0. The molecule has 1 aromatic heterocycles. The fourth-order valence-corrected chi connectivity index (χ4v) is 4.25. The summed E-state index contributed by atoms with van der Waals surface area (Å²) in [6.07, 6.45) is 2.07. The summed E-state index contributed by atoms with van der Waals surface area (Å²) in [5.41, 5.74) is 3.91. The Bertz CT molecular complexity index is 992. The Hall–Kier alpha value is -2.45. The second kappa shape index (κ2) is 7.66. The van der Waals surface area contributed by atoms with Gasteiger partial charge >= 0.3 is 0 Å². The van der Waals surface area contributed by atoms with Crippen molar-refractivity contribution in [1.29, 1.82) is 0 Å². The molecule has 3 N–H and O–H groups in total. The second-order valence-electron chi connectivity index (χ2n) is 6.67. The lowest BCUT2D eigenvalue weighted by Gasteiger charge is -2.11. The number of H-pyrrole nitrogens is 1. The van der Waals surface area contributed by atoms with E-state index in [0.29, 0.717) is 28.8 Å². The normalized spacial score (nSPS) is 14.1. The van der Waals surface area contributed by atoms with Crippen LogP contribution in [0.25, 0.3) is 0 Å². The number of carbonyl (C=O) groups is 2. The van der Waals surface area contributed by atoms with Crippen molar-refractivity contribution in [1.82, 2.24) is 15.0 Å². The van der Waals surface area contributed by atoms with Crippen LogP contribution in [-0.4, -0.2) is 32.1 Å². The number of aryl methyl sites for hydroxylation is 1. The van der Waals surface area contributed by atoms with Crippen LogP contribution in [0.4, 0.5) is 0 Å². The monoisotopic (exact) mass is 389 g/mol. The van der Waals surface area contributed by atoms with Crippen molar-refractivity contribution in [3.05, 3.63) is 57.9 Å². The van der Waals surface area contributed by atoms with Crippen molar-refractivity contribution in [2.24, 2.45) is 0 Å². The second-order valence-corrected chi connectivity index (χ2v) is 8.60. The molecule has 3 rings (SSSR count). The van der Waals surface area contributed by atoms with Crippen LogP contribution in [0.2, 0.25) is 0 Å². The maximum Gasteiger partial charge on any atom is 0.268 e. The van der Waals surface area contributed by atoms with E-state index in [1.54, 1.807) is 31.2 Å². The first kappa shape index (κ1) is 19.3. The number of sulfonamides is 1. The number of benzene rings is 1. The molecule has 7 nitrogen and oxygen atoms in total. The first-order chi connectivity index (χ1) is 12.8. The fraction of sp³-hybridized carbons (Fsp3) is 0.368. The van der Waals surface area contributed by atoms with Crippen molar-refractivity contribution in [2.75, 3.05) is 7.05 Å². The van der Waals surface area contributed by atoms with Gasteiger partial charge in [-0.05, 0) is 43.5 Å². The Morgan fingerprint density at radius 2 is 1.89 bits per heavy atom. The zero-order chi connectivity index (χ0) is 19.6. The van der Waals surface area contributed by atoms with Gasteiger partial charge in [0.1, 0.15) is 5.69 Å². The molecule has 0 saturated carbocycles. The van der Waals surface area contributed by atoms with Crippen LogP contribution in [0.3, 0.4) is 0 Å². The first-order valence-corrected chi connectivity index (χ1v) is 10.5. The quantitative estimate of drug-likeness (QED) is 0.700. The number of ketones is 1. The molecule has 0 bridgehead atoms. The number of hydrogen-bond donors (Lipinski definition) is 3. The smallest absolute Gasteiger partial charge is 0.268 e. The average molecular weight is 389 g/mol. The summed E-state index contributed by atoms with van der Waals surface area (Å²) in [6, 6.07) is 7.08. The van der Waals surface area contributed by atoms with Crippen LogP contribution < -0.4 is 10.0 Å². The number of rotatable bonds is 6. The van der Waals surface area contributed by atoms with Gasteiger partial charge in [-0.1, -0.05) is 24.3 Å². The first-order valence-electron chi connectivity index (χ1n) is 8.83. The predicted molar refractivity (Wildman–Crippen MR) is 102 cm³/mol. The van der Waals surface area contributed by atoms with Crippen molar-refractivity contribution in [3.8, 4) is 0 Å². The Kier molecular flexibility index (Phi) is 5.48. The van der Waals surface area contributed by atoms with Gasteiger partial charge in [-0.25, -0.2) is 13.1 Å². The number of aromatic nitrogens is 1. The Balaban J connectivity index is 1.77. The molecule has 0 saturated heterocycles. The highest BCUT2D eigenvalue weighted by Crippen LogP contribution is 2.26. The van der Waals surface area contributed by atoms with Gasteiger partial charge in [-0.2, -0.15) is 0 Å². The van der Waals surface area contributed by atoms with Crippen LogP contribution in [-0.2, 0) is 28.7 Å². The Morgan fingerprint density at radius 1 is 1.19 bits per heavy atom. The van der Waals surface area contributed by atoms with Gasteiger partial charge in [0.25, 0.3) is 5.91 Å². The van der Waals surface area contributed by atoms with E-state index in [-0.39, 0.29) is 24.0 Å². The molecule has 0 aliphatic heterocycles. The van der Waals surface area contributed by atoms with Crippen LogP contribution in [0, 0.1) is 6.92 Å². The highest BCUT2D eigenvalue weighted by atomic mass is 32.2. The summed E-state index contributed by atoms with van der Waals surface area (Å²) in [7, 11) is -2.04. The number of fused-ring (bicyclic) bond motifs is 1. The minimum atomic E-state index is -3.41. The largest absolute Gasteiger partial charge is 0.354 e. The molecule has 0 atom stereocenters. The van der Waals surface area contributed by atoms with Crippen LogP contribution in [0.15, 0.2) is 24.3 Å². The van der Waals surface area contributed by atoms with Crippen LogP contribution >= 0.6 is 0 Å². The number of aromatic amines is 1. The van der Waals surface area contributed by atoms with E-state index in [1.165, 1.54) is 7.05 Å². The molecule has 0 radical (unpaired) electrons. The molecule has 8 heteroatoms. The summed E-state index contributed by atoms with van der Waals surface area (Å²) in [6.45, 7) is 1.98. The number of hydrogen-bond acceptors (Lipinski definition) is 4. The fourth-order valence-electron chi connectivity index (χ4n) is 3.41. The third-order valence-electron chi connectivity index (χ3n) is 4.88. The van der Waals surface area contributed by atoms with Crippen LogP contribution in [0.1, 0.15) is 56.1 Å². The highest BCUT2D eigenvalue weighted by molar-refractivity contribution is 7.88. The van der Waals surface area contributed by atoms with Gasteiger partial charge in [-0.3, -0.25) is 9.59 Å². The lowest BCUT2D eigenvalue weighted by atomic mass is 9.94. The third kappa shape index (κ3) is 4.12. The minimum absolute atomic E-state index is 0.0756. The van der Waals surface area contributed by atoms with Crippen LogP contribution in [0.5, 0.6) is 0 Å². The molecule has 0 unspecified atom stereocenters. The van der Waals surface area contributed by atoms with E-state index >= 15 is 0 Å². The third-order valence-corrected chi connectivity index (χ3v) is 6.19.